The van der Waals surface area contributed by atoms with Gasteiger partial charge in [-0.1, -0.05) is 19.1 Å². The lowest BCUT2D eigenvalue weighted by molar-refractivity contribution is -0.152. The van der Waals surface area contributed by atoms with Crippen LogP contribution in [0.15, 0.2) is 12.2 Å². The van der Waals surface area contributed by atoms with Crippen LogP contribution in [-0.2, 0) is 19.6 Å². The van der Waals surface area contributed by atoms with Gasteiger partial charge in [0.2, 0.25) is 0 Å². The molecule has 1 saturated heterocycles. The number of aliphatic hydroxyl groups excluding tert-OH is 1. The summed E-state index contributed by atoms with van der Waals surface area (Å²) in [6.07, 6.45) is 1.73. The first-order valence-corrected chi connectivity index (χ1v) is 9.26. The third-order valence-electron chi connectivity index (χ3n) is 5.88. The summed E-state index contributed by atoms with van der Waals surface area (Å²) in [5, 5.41) is 10.4. The number of fused-ring (bicyclic) bond motifs is 3. The molecule has 3 aliphatic rings. The summed E-state index contributed by atoms with van der Waals surface area (Å²) in [5.74, 6) is -2.37. The van der Waals surface area contributed by atoms with Crippen LogP contribution < -0.4 is 0 Å². The van der Waals surface area contributed by atoms with Gasteiger partial charge >= 0.3 is 5.97 Å². The van der Waals surface area contributed by atoms with Crippen molar-refractivity contribution in [2.75, 3.05) is 5.75 Å². The van der Waals surface area contributed by atoms with Crippen molar-refractivity contribution >= 4 is 16.1 Å². The van der Waals surface area contributed by atoms with Crippen LogP contribution in [0.25, 0.3) is 0 Å². The van der Waals surface area contributed by atoms with Crippen LogP contribution in [0.4, 0.5) is 0 Å². The van der Waals surface area contributed by atoms with E-state index in [4.69, 9.17) is 9.29 Å². The van der Waals surface area contributed by atoms with Gasteiger partial charge in [-0.15, -0.1) is 0 Å². The van der Waals surface area contributed by atoms with Crippen molar-refractivity contribution in [2.24, 2.45) is 23.2 Å². The molecule has 22 heavy (non-hydrogen) atoms. The van der Waals surface area contributed by atoms with Gasteiger partial charge in [0.1, 0.15) is 6.10 Å². The Kier molecular flexibility index (Phi) is 3.66. The van der Waals surface area contributed by atoms with Gasteiger partial charge in [-0.2, -0.15) is 8.42 Å². The van der Waals surface area contributed by atoms with Gasteiger partial charge in [-0.25, -0.2) is 0 Å². The molecule has 0 spiro atoms. The fourth-order valence-electron chi connectivity index (χ4n) is 4.70. The Balaban J connectivity index is 1.92. The second-order valence-corrected chi connectivity index (χ2v) is 8.65. The summed E-state index contributed by atoms with van der Waals surface area (Å²) in [6, 6.07) is 0. The molecule has 6 nitrogen and oxygen atoms in total. The monoisotopic (exact) mass is 330 g/mol. The molecule has 2 saturated carbocycles. The van der Waals surface area contributed by atoms with E-state index in [1.165, 1.54) is 0 Å². The van der Waals surface area contributed by atoms with Crippen molar-refractivity contribution in [3.63, 3.8) is 0 Å². The lowest BCUT2D eigenvalue weighted by atomic mass is 9.54. The molecule has 7 heteroatoms. The van der Waals surface area contributed by atoms with Gasteiger partial charge in [0.15, 0.2) is 0 Å². The molecule has 3 rings (SSSR count). The molecule has 0 bridgehead atoms. The van der Waals surface area contributed by atoms with E-state index in [1.807, 2.05) is 6.92 Å². The van der Waals surface area contributed by atoms with Crippen LogP contribution >= 0.6 is 0 Å². The Labute approximate surface area is 130 Å². The highest BCUT2D eigenvalue weighted by atomic mass is 32.2. The first-order chi connectivity index (χ1) is 10.1. The number of carbonyl (C=O) groups excluding carboxylic acids is 1. The van der Waals surface area contributed by atoms with E-state index in [-0.39, 0.29) is 17.3 Å². The lowest BCUT2D eigenvalue weighted by Crippen LogP contribution is -2.53. The van der Waals surface area contributed by atoms with Crippen LogP contribution in [0.3, 0.4) is 0 Å². The molecule has 1 heterocycles. The molecular weight excluding hydrogens is 308 g/mol. The minimum Gasteiger partial charge on any atom is -0.461 e. The van der Waals surface area contributed by atoms with Gasteiger partial charge in [-0.3, -0.25) is 9.35 Å². The zero-order chi connectivity index (χ0) is 16.3. The highest BCUT2D eigenvalue weighted by Crippen LogP contribution is 2.57. The normalized spacial score (nSPS) is 45.1. The predicted octanol–water partition coefficient (Wildman–Crippen LogP) is 1.16. The Hall–Kier alpha value is -0.920. The maximum absolute atomic E-state index is 12.1. The second kappa shape index (κ2) is 5.04. The SMILES string of the molecule is C=C1CCC(O)C2(C)CCC3C(CS(=O)(=O)O)C(=O)OC3C12. The summed E-state index contributed by atoms with van der Waals surface area (Å²) in [4.78, 5) is 12.1. The van der Waals surface area contributed by atoms with Crippen LogP contribution in [-0.4, -0.2) is 42.0 Å². The van der Waals surface area contributed by atoms with E-state index in [9.17, 15) is 18.3 Å². The van der Waals surface area contributed by atoms with Crippen molar-refractivity contribution in [3.8, 4) is 0 Å². The van der Waals surface area contributed by atoms with E-state index >= 15 is 0 Å². The molecule has 0 aromatic rings. The van der Waals surface area contributed by atoms with Gasteiger partial charge in [-0.05, 0) is 25.7 Å². The molecule has 0 aromatic heterocycles. The largest absolute Gasteiger partial charge is 0.461 e. The van der Waals surface area contributed by atoms with E-state index in [1.54, 1.807) is 0 Å². The molecule has 0 amide bonds. The van der Waals surface area contributed by atoms with Crippen molar-refractivity contribution in [1.82, 2.24) is 0 Å². The molecule has 0 radical (unpaired) electrons. The van der Waals surface area contributed by atoms with Crippen LogP contribution in [0, 0.1) is 23.2 Å². The fourth-order valence-corrected chi connectivity index (χ4v) is 5.54. The smallest absolute Gasteiger partial charge is 0.310 e. The Morgan fingerprint density at radius 2 is 2.09 bits per heavy atom. The van der Waals surface area contributed by atoms with E-state index in [0.29, 0.717) is 25.7 Å². The minimum absolute atomic E-state index is 0.148. The Morgan fingerprint density at radius 3 is 2.73 bits per heavy atom. The number of hydrogen-bond donors (Lipinski definition) is 2. The highest BCUT2D eigenvalue weighted by Gasteiger charge is 2.60. The summed E-state index contributed by atoms with van der Waals surface area (Å²) in [5.41, 5.74) is 0.576. The predicted molar refractivity (Wildman–Crippen MR) is 78.5 cm³/mol. The maximum atomic E-state index is 12.1. The van der Waals surface area contributed by atoms with E-state index in [2.05, 4.69) is 6.58 Å². The first-order valence-electron chi connectivity index (χ1n) is 7.65. The summed E-state index contributed by atoms with van der Waals surface area (Å²) >= 11 is 0. The number of ether oxygens (including phenoxy) is 1. The fraction of sp³-hybridized carbons (Fsp3) is 0.800. The number of aliphatic hydroxyl groups is 1. The number of hydrogen-bond acceptors (Lipinski definition) is 5. The third-order valence-corrected chi connectivity index (χ3v) is 6.66. The molecule has 0 aromatic carbocycles. The average molecular weight is 330 g/mol. The first kappa shape index (κ1) is 16.0. The molecule has 3 fully saturated rings. The minimum atomic E-state index is -4.23. The summed E-state index contributed by atoms with van der Waals surface area (Å²) in [6.45, 7) is 6.09. The molecule has 1 aliphatic heterocycles. The second-order valence-electron chi connectivity index (χ2n) is 7.16. The number of rotatable bonds is 2. The standard InChI is InChI=1S/C15H22O6S/c1-8-3-4-11(16)15(2)6-5-9-10(7-22(18,19)20)14(17)21-13(9)12(8)15/h9-13,16H,1,3-7H2,2H3,(H,18,19,20). The van der Waals surface area contributed by atoms with E-state index in [0.717, 1.165) is 5.57 Å². The van der Waals surface area contributed by atoms with Crippen molar-refractivity contribution < 1.29 is 27.6 Å². The van der Waals surface area contributed by atoms with Crippen LogP contribution in [0.2, 0.25) is 0 Å². The zero-order valence-corrected chi connectivity index (χ0v) is 13.4. The molecule has 124 valence electrons. The lowest BCUT2D eigenvalue weighted by Gasteiger charge is -2.53. The quantitative estimate of drug-likeness (QED) is 0.448. The summed E-state index contributed by atoms with van der Waals surface area (Å²) in [7, 11) is -4.23. The molecule has 2 N–H and O–H groups in total. The Morgan fingerprint density at radius 1 is 1.41 bits per heavy atom. The zero-order valence-electron chi connectivity index (χ0n) is 12.6. The van der Waals surface area contributed by atoms with Gasteiger partial charge < -0.3 is 9.84 Å². The Bertz CT molecular complexity index is 612. The maximum Gasteiger partial charge on any atom is 0.310 e. The van der Waals surface area contributed by atoms with Crippen LogP contribution in [0.5, 0.6) is 0 Å². The number of carbonyl (C=O) groups is 1. The summed E-state index contributed by atoms with van der Waals surface area (Å²) < 4.78 is 36.9. The van der Waals surface area contributed by atoms with Crippen molar-refractivity contribution in [3.05, 3.63) is 12.2 Å². The van der Waals surface area contributed by atoms with Gasteiger partial charge in [0.25, 0.3) is 10.1 Å². The van der Waals surface area contributed by atoms with Crippen molar-refractivity contribution in [1.29, 1.82) is 0 Å². The third kappa shape index (κ3) is 2.39. The highest BCUT2D eigenvalue weighted by molar-refractivity contribution is 7.85. The average Bonchev–Trinajstić information content (AvgIpc) is 2.69. The van der Waals surface area contributed by atoms with Crippen molar-refractivity contribution in [2.45, 2.75) is 44.8 Å². The van der Waals surface area contributed by atoms with E-state index < -0.39 is 40.0 Å². The molecule has 6 unspecified atom stereocenters. The molecule has 2 aliphatic carbocycles. The topological polar surface area (TPSA) is 101 Å². The molecule has 6 atom stereocenters. The van der Waals surface area contributed by atoms with Crippen LogP contribution in [0.1, 0.15) is 32.6 Å². The number of esters is 1. The molecular formula is C15H22O6S. The van der Waals surface area contributed by atoms with Gasteiger partial charge in [0.05, 0.1) is 17.8 Å². The van der Waals surface area contributed by atoms with Gasteiger partial charge in [0, 0.05) is 17.3 Å².